The van der Waals surface area contributed by atoms with Crippen molar-refractivity contribution in [3.63, 3.8) is 0 Å². The zero-order valence-electron chi connectivity index (χ0n) is 8.96. The molecule has 0 aliphatic heterocycles. The van der Waals surface area contributed by atoms with Crippen LogP contribution in [0.15, 0.2) is 18.3 Å². The zero-order valence-corrected chi connectivity index (χ0v) is 9.71. The Balaban J connectivity index is 2.68. The Morgan fingerprint density at radius 3 is 2.73 bits per heavy atom. The molecule has 0 aromatic carbocycles. The highest BCUT2D eigenvalue weighted by atomic mass is 35.5. The Bertz CT molecular complexity index is 337. The summed E-state index contributed by atoms with van der Waals surface area (Å²) in [5.74, 6) is -0.161. The molecule has 82 valence electrons. The molecule has 0 spiro atoms. The van der Waals surface area contributed by atoms with E-state index >= 15 is 0 Å². The van der Waals surface area contributed by atoms with E-state index in [-0.39, 0.29) is 11.9 Å². The first-order chi connectivity index (χ1) is 7.17. The third kappa shape index (κ3) is 3.51. The van der Waals surface area contributed by atoms with Crippen LogP contribution in [0.3, 0.4) is 0 Å². The number of aromatic nitrogens is 1. The Kier molecular flexibility index (Phi) is 4.56. The summed E-state index contributed by atoms with van der Waals surface area (Å²) in [4.78, 5) is 15.7. The van der Waals surface area contributed by atoms with Crippen molar-refractivity contribution in [2.75, 3.05) is 0 Å². The first-order valence-electron chi connectivity index (χ1n) is 5.09. The monoisotopic (exact) mass is 226 g/mol. The summed E-state index contributed by atoms with van der Waals surface area (Å²) in [6.07, 6.45) is 3.37. The summed E-state index contributed by atoms with van der Waals surface area (Å²) in [7, 11) is 0. The van der Waals surface area contributed by atoms with E-state index < -0.39 is 0 Å². The largest absolute Gasteiger partial charge is 0.348 e. The van der Waals surface area contributed by atoms with E-state index in [9.17, 15) is 4.79 Å². The second kappa shape index (κ2) is 5.71. The van der Waals surface area contributed by atoms with Gasteiger partial charge in [-0.15, -0.1) is 0 Å². The lowest BCUT2D eigenvalue weighted by Gasteiger charge is -2.14. The molecule has 1 N–H and O–H groups in total. The van der Waals surface area contributed by atoms with Gasteiger partial charge in [-0.25, -0.2) is 0 Å². The molecule has 1 rings (SSSR count). The van der Waals surface area contributed by atoms with Gasteiger partial charge in [0.2, 0.25) is 0 Å². The highest BCUT2D eigenvalue weighted by Crippen LogP contribution is 2.08. The molecule has 0 saturated carbocycles. The van der Waals surface area contributed by atoms with Crippen LogP contribution in [-0.2, 0) is 0 Å². The topological polar surface area (TPSA) is 42.0 Å². The van der Waals surface area contributed by atoms with E-state index in [0.717, 1.165) is 12.8 Å². The van der Waals surface area contributed by atoms with Crippen molar-refractivity contribution in [1.29, 1.82) is 0 Å². The normalized spacial score (nSPS) is 10.4. The highest BCUT2D eigenvalue weighted by Gasteiger charge is 2.11. The molecule has 0 saturated heterocycles. The Labute approximate surface area is 94.9 Å². The van der Waals surface area contributed by atoms with Crippen LogP contribution in [-0.4, -0.2) is 16.9 Å². The maximum absolute atomic E-state index is 11.7. The van der Waals surface area contributed by atoms with Crippen molar-refractivity contribution in [2.45, 2.75) is 32.7 Å². The molecule has 0 radical (unpaired) electrons. The first-order valence-corrected chi connectivity index (χ1v) is 5.47. The molecule has 4 heteroatoms. The minimum absolute atomic E-state index is 0.161. The van der Waals surface area contributed by atoms with Gasteiger partial charge < -0.3 is 5.32 Å². The van der Waals surface area contributed by atoms with Crippen LogP contribution in [0, 0.1) is 0 Å². The predicted octanol–water partition coefficient (Wildman–Crippen LogP) is 2.65. The van der Waals surface area contributed by atoms with Crippen molar-refractivity contribution < 1.29 is 4.79 Å². The van der Waals surface area contributed by atoms with Crippen molar-refractivity contribution in [3.8, 4) is 0 Å². The number of hydrogen-bond acceptors (Lipinski definition) is 2. The van der Waals surface area contributed by atoms with Crippen molar-refractivity contribution in [1.82, 2.24) is 10.3 Å². The summed E-state index contributed by atoms with van der Waals surface area (Å²) in [6, 6.07) is 3.42. The number of pyridine rings is 1. The van der Waals surface area contributed by atoms with Crippen LogP contribution in [0.25, 0.3) is 0 Å². The van der Waals surface area contributed by atoms with Gasteiger partial charge in [-0.1, -0.05) is 25.4 Å². The lowest BCUT2D eigenvalue weighted by atomic mass is 10.1. The summed E-state index contributed by atoms with van der Waals surface area (Å²) < 4.78 is 0. The third-order valence-electron chi connectivity index (χ3n) is 2.28. The van der Waals surface area contributed by atoms with Crippen LogP contribution in [0.1, 0.15) is 37.2 Å². The van der Waals surface area contributed by atoms with Gasteiger partial charge in [0.1, 0.15) is 5.69 Å². The van der Waals surface area contributed by atoms with Crippen LogP contribution in [0.2, 0.25) is 5.02 Å². The molecular weight excluding hydrogens is 212 g/mol. The van der Waals surface area contributed by atoms with Gasteiger partial charge in [0.05, 0.1) is 0 Å². The number of carbonyl (C=O) groups is 1. The molecule has 1 amide bonds. The Morgan fingerprint density at radius 2 is 2.20 bits per heavy atom. The maximum atomic E-state index is 11.7. The summed E-state index contributed by atoms with van der Waals surface area (Å²) in [5.41, 5.74) is 0.370. The van der Waals surface area contributed by atoms with Gasteiger partial charge in [0, 0.05) is 17.3 Å². The molecule has 3 nitrogen and oxygen atoms in total. The van der Waals surface area contributed by atoms with Gasteiger partial charge in [0.25, 0.3) is 5.91 Å². The number of carbonyl (C=O) groups excluding carboxylic acids is 1. The van der Waals surface area contributed by atoms with Crippen LogP contribution >= 0.6 is 11.6 Å². The molecule has 1 heterocycles. The highest BCUT2D eigenvalue weighted by molar-refractivity contribution is 6.30. The fraction of sp³-hybridized carbons (Fsp3) is 0.455. The van der Waals surface area contributed by atoms with E-state index in [1.54, 1.807) is 12.1 Å². The van der Waals surface area contributed by atoms with Crippen molar-refractivity contribution in [3.05, 3.63) is 29.0 Å². The van der Waals surface area contributed by atoms with Gasteiger partial charge in [-0.2, -0.15) is 0 Å². The minimum Gasteiger partial charge on any atom is -0.348 e. The van der Waals surface area contributed by atoms with Crippen molar-refractivity contribution in [2.24, 2.45) is 0 Å². The van der Waals surface area contributed by atoms with Gasteiger partial charge in [-0.05, 0) is 25.0 Å². The fourth-order valence-corrected chi connectivity index (χ4v) is 1.44. The van der Waals surface area contributed by atoms with Gasteiger partial charge in [0.15, 0.2) is 0 Å². The molecule has 0 aliphatic rings. The number of hydrogen-bond donors (Lipinski definition) is 1. The second-order valence-electron chi connectivity index (χ2n) is 3.35. The van der Waals surface area contributed by atoms with Crippen LogP contribution < -0.4 is 5.32 Å². The maximum Gasteiger partial charge on any atom is 0.270 e. The number of rotatable bonds is 4. The van der Waals surface area contributed by atoms with Gasteiger partial charge in [-0.3, -0.25) is 9.78 Å². The van der Waals surface area contributed by atoms with Crippen LogP contribution in [0.5, 0.6) is 0 Å². The van der Waals surface area contributed by atoms with E-state index in [1.165, 1.54) is 6.20 Å². The van der Waals surface area contributed by atoms with E-state index in [0.29, 0.717) is 10.7 Å². The standard InChI is InChI=1S/C11H15ClN2O/c1-3-9(4-2)14-11(15)10-7-8(12)5-6-13-10/h5-7,9H,3-4H2,1-2H3,(H,14,15). The fourth-order valence-electron chi connectivity index (χ4n) is 1.28. The van der Waals surface area contributed by atoms with E-state index in [4.69, 9.17) is 11.6 Å². The summed E-state index contributed by atoms with van der Waals surface area (Å²) in [5, 5.41) is 3.43. The molecule has 0 aliphatic carbocycles. The predicted molar refractivity (Wildman–Crippen MR) is 61.1 cm³/mol. The first kappa shape index (κ1) is 12.0. The van der Waals surface area contributed by atoms with Crippen molar-refractivity contribution >= 4 is 17.5 Å². The average molecular weight is 227 g/mol. The smallest absolute Gasteiger partial charge is 0.270 e. The second-order valence-corrected chi connectivity index (χ2v) is 3.78. The van der Waals surface area contributed by atoms with Gasteiger partial charge >= 0.3 is 0 Å². The number of nitrogens with zero attached hydrogens (tertiary/aromatic N) is 1. The zero-order chi connectivity index (χ0) is 11.3. The molecule has 1 aromatic rings. The minimum atomic E-state index is -0.161. The molecule has 1 aromatic heterocycles. The number of halogens is 1. The molecule has 0 fully saturated rings. The molecule has 0 bridgehead atoms. The molecule has 0 unspecified atom stereocenters. The van der Waals surface area contributed by atoms with E-state index in [1.807, 2.05) is 13.8 Å². The molecular formula is C11H15ClN2O. The summed E-state index contributed by atoms with van der Waals surface area (Å²) >= 11 is 5.77. The Hall–Kier alpha value is -1.09. The Morgan fingerprint density at radius 1 is 1.53 bits per heavy atom. The van der Waals surface area contributed by atoms with Crippen LogP contribution in [0.4, 0.5) is 0 Å². The molecule has 15 heavy (non-hydrogen) atoms. The SMILES string of the molecule is CCC(CC)NC(=O)c1cc(Cl)ccn1. The third-order valence-corrected chi connectivity index (χ3v) is 2.51. The lowest BCUT2D eigenvalue weighted by molar-refractivity contribution is 0.0930. The number of amides is 1. The average Bonchev–Trinajstić information content (AvgIpc) is 2.25. The van der Waals surface area contributed by atoms with E-state index in [2.05, 4.69) is 10.3 Å². The quantitative estimate of drug-likeness (QED) is 0.858. The molecule has 0 atom stereocenters. The summed E-state index contributed by atoms with van der Waals surface area (Å²) in [6.45, 7) is 4.08. The number of nitrogens with one attached hydrogen (secondary N) is 1. The lowest BCUT2D eigenvalue weighted by Crippen LogP contribution is -2.34.